The van der Waals surface area contributed by atoms with Crippen molar-refractivity contribution in [3.63, 3.8) is 0 Å². The number of hydrogen-bond donors (Lipinski definition) is 3. The molecule has 1 rings (SSSR count). The summed E-state index contributed by atoms with van der Waals surface area (Å²) in [5.74, 6) is -5.24. The number of carboxylic acids is 1. The molecule has 3 N–H and O–H groups in total. The highest BCUT2D eigenvalue weighted by molar-refractivity contribution is 5.94. The van der Waals surface area contributed by atoms with Gasteiger partial charge in [0.1, 0.15) is 5.82 Å². The van der Waals surface area contributed by atoms with Crippen molar-refractivity contribution in [2.45, 2.75) is 12.5 Å². The number of carboxylic acid groups (broad SMARTS) is 1. The number of amides is 1. The molecule has 0 radical (unpaired) electrons. The molecule has 0 aliphatic rings. The van der Waals surface area contributed by atoms with Crippen molar-refractivity contribution in [3.8, 4) is 0 Å². The molecule has 1 unspecified atom stereocenters. The van der Waals surface area contributed by atoms with Crippen molar-refractivity contribution in [1.29, 1.82) is 0 Å². The summed E-state index contributed by atoms with van der Waals surface area (Å²) in [6.45, 7) is -0.301. The third-order valence-corrected chi connectivity index (χ3v) is 2.47. The lowest BCUT2D eigenvalue weighted by Gasteiger charge is -2.08. The minimum Gasteiger partial charge on any atom is -0.479 e. The summed E-state index contributed by atoms with van der Waals surface area (Å²) in [6.07, 6.45) is -2.04. The van der Waals surface area contributed by atoms with Crippen LogP contribution in [0.3, 0.4) is 0 Å². The van der Waals surface area contributed by atoms with E-state index in [-0.39, 0.29) is 19.0 Å². The van der Waals surface area contributed by atoms with E-state index in [9.17, 15) is 28.5 Å². The molecular formula is C11H10F2N2O6. The lowest BCUT2D eigenvalue weighted by atomic mass is 10.1. The summed E-state index contributed by atoms with van der Waals surface area (Å²) in [5, 5.41) is 29.8. The van der Waals surface area contributed by atoms with E-state index < -0.39 is 45.8 Å². The zero-order valence-corrected chi connectivity index (χ0v) is 10.4. The molecular weight excluding hydrogens is 294 g/mol. The number of hydrogen-bond acceptors (Lipinski definition) is 5. The van der Waals surface area contributed by atoms with Crippen LogP contribution in [0.2, 0.25) is 0 Å². The predicted molar refractivity (Wildman–Crippen MR) is 63.6 cm³/mol. The van der Waals surface area contributed by atoms with Gasteiger partial charge >= 0.3 is 11.7 Å². The van der Waals surface area contributed by atoms with Gasteiger partial charge in [0.2, 0.25) is 5.82 Å². The number of benzene rings is 1. The molecule has 0 aromatic heterocycles. The Morgan fingerprint density at radius 3 is 2.48 bits per heavy atom. The lowest BCUT2D eigenvalue weighted by Crippen LogP contribution is -2.30. The topological polar surface area (TPSA) is 130 Å². The number of aliphatic carboxylic acids is 1. The van der Waals surface area contributed by atoms with Gasteiger partial charge in [0.05, 0.1) is 16.6 Å². The SMILES string of the molecule is O=C(NCCC(O)C(=O)O)c1cc(F)c([N+](=O)[O-])cc1F. The molecule has 1 aromatic carbocycles. The highest BCUT2D eigenvalue weighted by Gasteiger charge is 2.22. The van der Waals surface area contributed by atoms with Crippen molar-refractivity contribution in [1.82, 2.24) is 5.32 Å². The van der Waals surface area contributed by atoms with Crippen LogP contribution >= 0.6 is 0 Å². The second-order valence-electron chi connectivity index (χ2n) is 3.94. The van der Waals surface area contributed by atoms with Crippen LogP contribution in [0.15, 0.2) is 12.1 Å². The van der Waals surface area contributed by atoms with E-state index in [2.05, 4.69) is 5.32 Å². The smallest absolute Gasteiger partial charge is 0.332 e. The first-order valence-corrected chi connectivity index (χ1v) is 5.56. The minimum absolute atomic E-state index is 0.274. The molecule has 21 heavy (non-hydrogen) atoms. The molecule has 0 aliphatic carbocycles. The maximum atomic E-state index is 13.5. The highest BCUT2D eigenvalue weighted by atomic mass is 19.1. The van der Waals surface area contributed by atoms with Crippen LogP contribution in [0, 0.1) is 21.7 Å². The zero-order valence-electron chi connectivity index (χ0n) is 10.4. The van der Waals surface area contributed by atoms with E-state index in [1.165, 1.54) is 0 Å². The maximum Gasteiger partial charge on any atom is 0.332 e. The first kappa shape index (κ1) is 16.4. The van der Waals surface area contributed by atoms with E-state index in [0.717, 1.165) is 0 Å². The lowest BCUT2D eigenvalue weighted by molar-refractivity contribution is -0.387. The number of nitro groups is 1. The number of carbonyl (C=O) groups excluding carboxylic acids is 1. The Hall–Kier alpha value is -2.62. The number of aliphatic hydroxyl groups is 1. The van der Waals surface area contributed by atoms with Gasteiger partial charge in [-0.05, 0) is 6.07 Å². The summed E-state index contributed by atoms with van der Waals surface area (Å²) in [5.41, 5.74) is -1.87. The van der Waals surface area contributed by atoms with Gasteiger partial charge in [-0.1, -0.05) is 0 Å². The Bertz CT molecular complexity index is 592. The van der Waals surface area contributed by atoms with Gasteiger partial charge in [-0.3, -0.25) is 14.9 Å². The largest absolute Gasteiger partial charge is 0.479 e. The van der Waals surface area contributed by atoms with Gasteiger partial charge < -0.3 is 15.5 Å². The molecule has 10 heteroatoms. The Labute approximate surface area is 116 Å². The Morgan fingerprint density at radius 1 is 1.33 bits per heavy atom. The zero-order chi connectivity index (χ0) is 16.2. The molecule has 0 spiro atoms. The van der Waals surface area contributed by atoms with Crippen LogP contribution in [0.4, 0.5) is 14.5 Å². The molecule has 1 amide bonds. The van der Waals surface area contributed by atoms with Gasteiger partial charge in [0.25, 0.3) is 5.91 Å². The first-order chi connectivity index (χ1) is 9.73. The van der Waals surface area contributed by atoms with E-state index in [4.69, 9.17) is 10.2 Å². The number of nitrogens with zero attached hydrogens (tertiary/aromatic N) is 1. The van der Waals surface area contributed by atoms with Crippen LogP contribution in [0.25, 0.3) is 0 Å². The van der Waals surface area contributed by atoms with Crippen molar-refractivity contribution in [2.24, 2.45) is 0 Å². The molecule has 0 fully saturated rings. The van der Waals surface area contributed by atoms with Crippen molar-refractivity contribution < 1.29 is 33.5 Å². The van der Waals surface area contributed by atoms with Crippen LogP contribution in [0.1, 0.15) is 16.8 Å². The van der Waals surface area contributed by atoms with E-state index in [1.54, 1.807) is 0 Å². The number of nitro benzene ring substituents is 1. The fourth-order valence-corrected chi connectivity index (χ4v) is 1.39. The molecule has 0 saturated carbocycles. The second-order valence-corrected chi connectivity index (χ2v) is 3.94. The van der Waals surface area contributed by atoms with Gasteiger partial charge in [-0.15, -0.1) is 0 Å². The Morgan fingerprint density at radius 2 is 1.95 bits per heavy atom. The summed E-state index contributed by atoms with van der Waals surface area (Å²) in [7, 11) is 0. The molecule has 0 bridgehead atoms. The number of rotatable bonds is 6. The number of halogens is 2. The van der Waals surface area contributed by atoms with Gasteiger partial charge in [0.15, 0.2) is 6.10 Å². The Balaban J connectivity index is 2.77. The molecule has 1 aromatic rings. The molecule has 1 atom stereocenters. The van der Waals surface area contributed by atoms with Gasteiger partial charge in [-0.25, -0.2) is 9.18 Å². The average Bonchev–Trinajstić information content (AvgIpc) is 2.40. The maximum absolute atomic E-state index is 13.5. The quantitative estimate of drug-likeness (QED) is 0.516. The number of aliphatic hydroxyl groups excluding tert-OH is 1. The van der Waals surface area contributed by atoms with Crippen LogP contribution < -0.4 is 5.32 Å². The van der Waals surface area contributed by atoms with Crippen LogP contribution in [-0.2, 0) is 4.79 Å². The van der Waals surface area contributed by atoms with Crippen molar-refractivity contribution in [2.75, 3.05) is 6.54 Å². The summed E-state index contributed by atoms with van der Waals surface area (Å²) in [4.78, 5) is 31.1. The summed E-state index contributed by atoms with van der Waals surface area (Å²) >= 11 is 0. The highest BCUT2D eigenvalue weighted by Crippen LogP contribution is 2.21. The van der Waals surface area contributed by atoms with Gasteiger partial charge in [0, 0.05) is 13.0 Å². The number of carbonyl (C=O) groups is 2. The fraction of sp³-hybridized carbons (Fsp3) is 0.273. The standard InChI is InChI=1S/C11H10F2N2O6/c12-6-4-8(15(20)21)7(13)3-5(6)10(17)14-2-1-9(16)11(18)19/h3-4,9,16H,1-2H2,(H,14,17)(H,18,19). The van der Waals surface area contributed by atoms with Crippen LogP contribution in [0.5, 0.6) is 0 Å². The van der Waals surface area contributed by atoms with Gasteiger partial charge in [-0.2, -0.15) is 4.39 Å². The first-order valence-electron chi connectivity index (χ1n) is 5.56. The van der Waals surface area contributed by atoms with E-state index >= 15 is 0 Å². The molecule has 0 aliphatic heterocycles. The molecule has 0 heterocycles. The average molecular weight is 304 g/mol. The van der Waals surface area contributed by atoms with Crippen molar-refractivity contribution in [3.05, 3.63) is 39.4 Å². The minimum atomic E-state index is -1.70. The molecule has 0 saturated heterocycles. The summed E-state index contributed by atoms with van der Waals surface area (Å²) in [6, 6.07) is 0.646. The second kappa shape index (κ2) is 6.70. The Kier molecular flexibility index (Phi) is 5.24. The third-order valence-electron chi connectivity index (χ3n) is 2.47. The predicted octanol–water partition coefficient (Wildman–Crippen LogP) is 0.438. The third kappa shape index (κ3) is 4.18. The van der Waals surface area contributed by atoms with Crippen molar-refractivity contribution >= 4 is 17.6 Å². The molecule has 114 valence electrons. The van der Waals surface area contributed by atoms with Crippen LogP contribution in [-0.4, -0.2) is 39.7 Å². The monoisotopic (exact) mass is 304 g/mol. The summed E-state index contributed by atoms with van der Waals surface area (Å²) < 4.78 is 26.8. The number of nitrogens with one attached hydrogen (secondary N) is 1. The van der Waals surface area contributed by atoms with E-state index in [0.29, 0.717) is 6.07 Å². The fourth-order valence-electron chi connectivity index (χ4n) is 1.39. The van der Waals surface area contributed by atoms with E-state index in [1.807, 2.05) is 0 Å². The normalized spacial score (nSPS) is 11.8. The molecule has 8 nitrogen and oxygen atoms in total.